The van der Waals surface area contributed by atoms with Crippen molar-refractivity contribution in [2.75, 3.05) is 13.6 Å². The van der Waals surface area contributed by atoms with Crippen molar-refractivity contribution in [1.82, 2.24) is 5.32 Å². The molecule has 0 aliphatic carbocycles. The third-order valence-electron chi connectivity index (χ3n) is 2.21. The Bertz CT molecular complexity index is 137. The van der Waals surface area contributed by atoms with Crippen molar-refractivity contribution in [3.63, 3.8) is 0 Å². The van der Waals surface area contributed by atoms with Crippen LogP contribution in [0.3, 0.4) is 0 Å². The minimum absolute atomic E-state index is 0.145. The molecule has 3 heteroatoms. The van der Waals surface area contributed by atoms with Crippen LogP contribution in [0.5, 0.6) is 0 Å². The summed E-state index contributed by atoms with van der Waals surface area (Å²) >= 11 is 0. The molecule has 13 heavy (non-hydrogen) atoms. The summed E-state index contributed by atoms with van der Waals surface area (Å²) in [6.07, 6.45) is 5.27. The number of hydrogen-bond acceptors (Lipinski definition) is 2. The van der Waals surface area contributed by atoms with Crippen LogP contribution in [0.15, 0.2) is 0 Å². The van der Waals surface area contributed by atoms with Crippen molar-refractivity contribution in [2.45, 2.75) is 39.0 Å². The molecule has 1 amide bonds. The van der Waals surface area contributed by atoms with Gasteiger partial charge in [0.1, 0.15) is 0 Å². The van der Waals surface area contributed by atoms with Gasteiger partial charge in [0.2, 0.25) is 5.91 Å². The summed E-state index contributed by atoms with van der Waals surface area (Å²) in [7, 11) is 1.68. The Hall–Kier alpha value is -0.570. The first-order chi connectivity index (χ1) is 6.20. The van der Waals surface area contributed by atoms with E-state index < -0.39 is 0 Å². The first-order valence-corrected chi connectivity index (χ1v) is 5.11. The van der Waals surface area contributed by atoms with E-state index in [9.17, 15) is 4.79 Å². The molecule has 0 aromatic carbocycles. The fourth-order valence-electron chi connectivity index (χ4n) is 1.33. The van der Waals surface area contributed by atoms with Gasteiger partial charge < -0.3 is 11.1 Å². The Balaban J connectivity index is 3.29. The summed E-state index contributed by atoms with van der Waals surface area (Å²) < 4.78 is 0. The topological polar surface area (TPSA) is 55.1 Å². The second kappa shape index (κ2) is 8.05. The van der Waals surface area contributed by atoms with E-state index in [4.69, 9.17) is 5.73 Å². The standard InChI is InChI=1S/C10H22N2O/c1-9(8-10(13)12-2)6-4-3-5-7-11/h9H,3-8,11H2,1-2H3,(H,12,13). The third-order valence-corrected chi connectivity index (χ3v) is 2.21. The highest BCUT2D eigenvalue weighted by atomic mass is 16.1. The summed E-state index contributed by atoms with van der Waals surface area (Å²) in [5.41, 5.74) is 5.38. The van der Waals surface area contributed by atoms with Gasteiger partial charge in [0.25, 0.3) is 0 Å². The molecule has 0 radical (unpaired) electrons. The van der Waals surface area contributed by atoms with Gasteiger partial charge >= 0.3 is 0 Å². The molecule has 3 N–H and O–H groups in total. The number of carbonyl (C=O) groups excluding carboxylic acids is 1. The summed E-state index contributed by atoms with van der Waals surface area (Å²) in [6, 6.07) is 0. The molecular weight excluding hydrogens is 164 g/mol. The van der Waals surface area contributed by atoms with E-state index in [1.165, 1.54) is 12.8 Å². The Morgan fingerprint density at radius 1 is 1.38 bits per heavy atom. The zero-order chi connectivity index (χ0) is 10.1. The molecule has 0 fully saturated rings. The van der Waals surface area contributed by atoms with Gasteiger partial charge in [0.05, 0.1) is 0 Å². The van der Waals surface area contributed by atoms with Crippen LogP contribution >= 0.6 is 0 Å². The first-order valence-electron chi connectivity index (χ1n) is 5.11. The van der Waals surface area contributed by atoms with Crippen molar-refractivity contribution in [3.8, 4) is 0 Å². The Labute approximate surface area is 81.1 Å². The van der Waals surface area contributed by atoms with Gasteiger partial charge in [0, 0.05) is 13.5 Å². The van der Waals surface area contributed by atoms with Gasteiger partial charge in [0.15, 0.2) is 0 Å². The third kappa shape index (κ3) is 7.78. The maximum atomic E-state index is 11.0. The zero-order valence-electron chi connectivity index (χ0n) is 8.81. The number of nitrogens with two attached hydrogens (primary N) is 1. The lowest BCUT2D eigenvalue weighted by Gasteiger charge is -2.09. The molecule has 1 unspecified atom stereocenters. The van der Waals surface area contributed by atoms with E-state index in [2.05, 4.69) is 12.2 Å². The molecular formula is C10H22N2O. The van der Waals surface area contributed by atoms with Gasteiger partial charge in [-0.15, -0.1) is 0 Å². The fourth-order valence-corrected chi connectivity index (χ4v) is 1.33. The second-order valence-corrected chi connectivity index (χ2v) is 3.62. The smallest absolute Gasteiger partial charge is 0.220 e. The molecule has 0 heterocycles. The summed E-state index contributed by atoms with van der Waals surface area (Å²) in [4.78, 5) is 11.0. The first kappa shape index (κ1) is 12.4. The highest BCUT2D eigenvalue weighted by Gasteiger charge is 2.06. The molecule has 0 aliphatic heterocycles. The Kier molecular flexibility index (Phi) is 7.69. The number of rotatable bonds is 7. The highest BCUT2D eigenvalue weighted by Crippen LogP contribution is 2.12. The molecule has 0 bridgehead atoms. The highest BCUT2D eigenvalue weighted by molar-refractivity contribution is 5.75. The summed E-state index contributed by atoms with van der Waals surface area (Å²) in [5.74, 6) is 0.643. The van der Waals surface area contributed by atoms with Crippen molar-refractivity contribution in [3.05, 3.63) is 0 Å². The van der Waals surface area contributed by atoms with Gasteiger partial charge in [-0.05, 0) is 18.9 Å². The number of hydrogen-bond donors (Lipinski definition) is 2. The minimum atomic E-state index is 0.145. The van der Waals surface area contributed by atoms with E-state index in [1.807, 2.05) is 0 Å². The molecule has 0 spiro atoms. The van der Waals surface area contributed by atoms with Crippen molar-refractivity contribution >= 4 is 5.91 Å². The van der Waals surface area contributed by atoms with Crippen molar-refractivity contribution < 1.29 is 4.79 Å². The predicted octanol–water partition coefficient (Wildman–Crippen LogP) is 1.28. The molecule has 0 aliphatic rings. The van der Waals surface area contributed by atoms with Gasteiger partial charge in [-0.25, -0.2) is 0 Å². The molecule has 0 rings (SSSR count). The van der Waals surface area contributed by atoms with Gasteiger partial charge in [-0.3, -0.25) is 4.79 Å². The van der Waals surface area contributed by atoms with Crippen LogP contribution in [-0.4, -0.2) is 19.5 Å². The molecule has 78 valence electrons. The largest absolute Gasteiger partial charge is 0.359 e. The molecule has 3 nitrogen and oxygen atoms in total. The normalized spacial score (nSPS) is 12.5. The lowest BCUT2D eigenvalue weighted by molar-refractivity contribution is -0.121. The van der Waals surface area contributed by atoms with Crippen LogP contribution in [0.1, 0.15) is 39.0 Å². The molecule has 0 saturated carbocycles. The van der Waals surface area contributed by atoms with Crippen molar-refractivity contribution in [1.29, 1.82) is 0 Å². The van der Waals surface area contributed by atoms with Gasteiger partial charge in [-0.1, -0.05) is 26.2 Å². The number of amides is 1. The molecule has 1 atom stereocenters. The number of unbranched alkanes of at least 4 members (excludes halogenated alkanes) is 2. The maximum absolute atomic E-state index is 11.0. The van der Waals surface area contributed by atoms with Crippen LogP contribution in [-0.2, 0) is 4.79 Å². The molecule has 0 aromatic rings. The monoisotopic (exact) mass is 186 g/mol. The van der Waals surface area contributed by atoms with Crippen LogP contribution in [0, 0.1) is 5.92 Å². The predicted molar refractivity (Wildman–Crippen MR) is 55.4 cm³/mol. The summed E-state index contributed by atoms with van der Waals surface area (Å²) in [5, 5.41) is 2.64. The van der Waals surface area contributed by atoms with E-state index in [0.29, 0.717) is 12.3 Å². The van der Waals surface area contributed by atoms with Gasteiger partial charge in [-0.2, -0.15) is 0 Å². The summed E-state index contributed by atoms with van der Waals surface area (Å²) in [6.45, 7) is 2.90. The Morgan fingerprint density at radius 3 is 2.62 bits per heavy atom. The second-order valence-electron chi connectivity index (χ2n) is 3.62. The lowest BCUT2D eigenvalue weighted by atomic mass is 9.99. The maximum Gasteiger partial charge on any atom is 0.220 e. The fraction of sp³-hybridized carbons (Fsp3) is 0.900. The van der Waals surface area contributed by atoms with E-state index in [-0.39, 0.29) is 5.91 Å². The number of carbonyl (C=O) groups is 1. The SMILES string of the molecule is CNC(=O)CC(C)CCCCCN. The average molecular weight is 186 g/mol. The zero-order valence-corrected chi connectivity index (χ0v) is 8.81. The van der Waals surface area contributed by atoms with Crippen LogP contribution in [0.25, 0.3) is 0 Å². The molecule has 0 aromatic heterocycles. The molecule has 0 saturated heterocycles. The van der Waals surface area contributed by atoms with E-state index >= 15 is 0 Å². The van der Waals surface area contributed by atoms with Crippen LogP contribution < -0.4 is 11.1 Å². The van der Waals surface area contributed by atoms with E-state index in [0.717, 1.165) is 19.4 Å². The Morgan fingerprint density at radius 2 is 2.08 bits per heavy atom. The quantitative estimate of drug-likeness (QED) is 0.588. The minimum Gasteiger partial charge on any atom is -0.359 e. The van der Waals surface area contributed by atoms with E-state index in [1.54, 1.807) is 7.05 Å². The van der Waals surface area contributed by atoms with Crippen LogP contribution in [0.4, 0.5) is 0 Å². The lowest BCUT2D eigenvalue weighted by Crippen LogP contribution is -2.20. The number of nitrogens with one attached hydrogen (secondary N) is 1. The van der Waals surface area contributed by atoms with Crippen molar-refractivity contribution in [2.24, 2.45) is 11.7 Å². The van der Waals surface area contributed by atoms with Crippen LogP contribution in [0.2, 0.25) is 0 Å². The average Bonchev–Trinajstić information content (AvgIpc) is 2.12.